The summed E-state index contributed by atoms with van der Waals surface area (Å²) in [6.45, 7) is 1.42. The number of halogens is 6. The first-order chi connectivity index (χ1) is 8.50. The van der Waals surface area contributed by atoms with Crippen molar-refractivity contribution in [2.75, 3.05) is 6.54 Å². The molecule has 19 heavy (non-hydrogen) atoms. The molecule has 0 heterocycles. The number of rotatable bonds is 3. The molecule has 0 amide bonds. The van der Waals surface area contributed by atoms with Crippen LogP contribution in [-0.2, 0) is 4.74 Å². The Morgan fingerprint density at radius 2 is 1.74 bits per heavy atom. The van der Waals surface area contributed by atoms with Crippen molar-refractivity contribution in [3.8, 4) is 0 Å². The Morgan fingerprint density at radius 3 is 2.11 bits per heavy atom. The summed E-state index contributed by atoms with van der Waals surface area (Å²) in [4.78, 5) is 0. The average molecular weight is 293 g/mol. The van der Waals surface area contributed by atoms with Crippen LogP contribution in [0.4, 0.5) is 26.3 Å². The molecule has 8 heteroatoms. The Kier molecular flexibility index (Phi) is 4.77. The Hall–Kier alpha value is -0.500. The van der Waals surface area contributed by atoms with Gasteiger partial charge in [-0.1, -0.05) is 19.8 Å². The van der Waals surface area contributed by atoms with E-state index in [1.807, 2.05) is 0 Å². The molecule has 114 valence electrons. The highest BCUT2D eigenvalue weighted by Gasteiger charge is 2.60. The maximum absolute atomic E-state index is 12.5. The molecule has 0 radical (unpaired) electrons. The van der Waals surface area contributed by atoms with Crippen LogP contribution >= 0.6 is 0 Å². The standard InChI is InChI=1S/C11H17F6NO/c1-7-3-2-4-9(5-7,6-18)19-8(10(12,13)14)11(15,16)17/h7-8H,2-6,18H2,1H3. The van der Waals surface area contributed by atoms with Crippen molar-refractivity contribution in [3.63, 3.8) is 0 Å². The van der Waals surface area contributed by atoms with Gasteiger partial charge in [0.1, 0.15) is 0 Å². The Morgan fingerprint density at radius 1 is 1.21 bits per heavy atom. The minimum Gasteiger partial charge on any atom is -0.353 e. The zero-order valence-corrected chi connectivity index (χ0v) is 10.4. The van der Waals surface area contributed by atoms with Crippen LogP contribution in [0.3, 0.4) is 0 Å². The number of ether oxygens (including phenoxy) is 1. The Balaban J connectivity index is 2.93. The van der Waals surface area contributed by atoms with E-state index in [4.69, 9.17) is 5.73 Å². The van der Waals surface area contributed by atoms with Gasteiger partial charge in [0, 0.05) is 6.54 Å². The molecule has 1 saturated carbocycles. The molecule has 0 bridgehead atoms. The lowest BCUT2D eigenvalue weighted by molar-refractivity contribution is -0.347. The maximum atomic E-state index is 12.5. The molecular formula is C11H17F6NO. The van der Waals surface area contributed by atoms with Gasteiger partial charge in [-0.2, -0.15) is 26.3 Å². The molecule has 2 atom stereocenters. The lowest BCUT2D eigenvalue weighted by Gasteiger charge is -2.42. The third-order valence-corrected chi connectivity index (χ3v) is 3.38. The number of nitrogens with two attached hydrogens (primary N) is 1. The third-order valence-electron chi connectivity index (χ3n) is 3.38. The Bertz CT molecular complexity index is 289. The normalized spacial score (nSPS) is 29.8. The SMILES string of the molecule is CC1CCCC(CN)(OC(C(F)(F)F)C(F)(F)F)C1. The van der Waals surface area contributed by atoms with E-state index < -0.39 is 24.1 Å². The van der Waals surface area contributed by atoms with Gasteiger partial charge in [-0.15, -0.1) is 0 Å². The largest absolute Gasteiger partial charge is 0.423 e. The smallest absolute Gasteiger partial charge is 0.353 e. The van der Waals surface area contributed by atoms with Gasteiger partial charge in [0.2, 0.25) is 6.10 Å². The summed E-state index contributed by atoms with van der Waals surface area (Å²) in [7, 11) is 0. The highest BCUT2D eigenvalue weighted by Crippen LogP contribution is 2.42. The van der Waals surface area contributed by atoms with Gasteiger partial charge in [0.05, 0.1) is 5.60 Å². The molecule has 2 unspecified atom stereocenters. The van der Waals surface area contributed by atoms with Gasteiger partial charge in [0.25, 0.3) is 0 Å². The van der Waals surface area contributed by atoms with Crippen molar-refractivity contribution in [2.24, 2.45) is 11.7 Å². The first-order valence-corrected chi connectivity index (χ1v) is 6.01. The van der Waals surface area contributed by atoms with Gasteiger partial charge >= 0.3 is 12.4 Å². The van der Waals surface area contributed by atoms with E-state index >= 15 is 0 Å². The summed E-state index contributed by atoms with van der Waals surface area (Å²) in [5.74, 6) is -0.000539. The van der Waals surface area contributed by atoms with E-state index in [2.05, 4.69) is 4.74 Å². The van der Waals surface area contributed by atoms with Crippen LogP contribution in [0.5, 0.6) is 0 Å². The van der Waals surface area contributed by atoms with Crippen LogP contribution in [0.1, 0.15) is 32.6 Å². The Labute approximate surface area is 107 Å². The summed E-state index contributed by atoms with van der Waals surface area (Å²) in [6.07, 6.45) is -13.2. The second kappa shape index (κ2) is 5.47. The second-order valence-corrected chi connectivity index (χ2v) is 5.17. The molecule has 0 aromatic heterocycles. The number of alkyl halides is 6. The van der Waals surface area contributed by atoms with Gasteiger partial charge in [0.15, 0.2) is 0 Å². The maximum Gasteiger partial charge on any atom is 0.423 e. The molecule has 0 aromatic carbocycles. The third kappa shape index (κ3) is 4.24. The van der Waals surface area contributed by atoms with Crippen molar-refractivity contribution >= 4 is 0 Å². The van der Waals surface area contributed by atoms with E-state index in [-0.39, 0.29) is 25.3 Å². The highest BCUT2D eigenvalue weighted by atomic mass is 19.4. The van der Waals surface area contributed by atoms with Gasteiger partial charge in [-0.25, -0.2) is 0 Å². The lowest BCUT2D eigenvalue weighted by Crippen LogP contribution is -2.54. The van der Waals surface area contributed by atoms with E-state index in [9.17, 15) is 26.3 Å². The quantitative estimate of drug-likeness (QED) is 0.809. The summed E-state index contributed by atoms with van der Waals surface area (Å²) < 4.78 is 79.4. The molecule has 1 aliphatic carbocycles. The fraction of sp³-hybridized carbons (Fsp3) is 1.00. The highest BCUT2D eigenvalue weighted by molar-refractivity contribution is 4.91. The monoisotopic (exact) mass is 293 g/mol. The van der Waals surface area contributed by atoms with E-state index in [0.29, 0.717) is 6.42 Å². The van der Waals surface area contributed by atoms with E-state index in [1.54, 1.807) is 6.92 Å². The minimum absolute atomic E-state index is 0.000539. The molecule has 1 aliphatic rings. The summed E-state index contributed by atoms with van der Waals surface area (Å²) in [5.41, 5.74) is 3.84. The van der Waals surface area contributed by atoms with Crippen LogP contribution < -0.4 is 5.73 Å². The first-order valence-electron chi connectivity index (χ1n) is 6.01. The summed E-state index contributed by atoms with van der Waals surface area (Å²) in [5, 5.41) is 0. The van der Waals surface area contributed by atoms with Crippen LogP contribution in [0.25, 0.3) is 0 Å². The molecule has 1 rings (SSSR count). The molecule has 2 nitrogen and oxygen atoms in total. The van der Waals surface area contributed by atoms with Gasteiger partial charge in [-0.3, -0.25) is 0 Å². The fourth-order valence-corrected chi connectivity index (χ4v) is 2.52. The summed E-state index contributed by atoms with van der Waals surface area (Å²) >= 11 is 0. The van der Waals surface area contributed by atoms with Crippen LogP contribution in [0, 0.1) is 5.92 Å². The summed E-state index contributed by atoms with van der Waals surface area (Å²) in [6, 6.07) is 0. The number of hydrogen-bond acceptors (Lipinski definition) is 2. The zero-order chi connectivity index (χ0) is 14.9. The second-order valence-electron chi connectivity index (χ2n) is 5.17. The van der Waals surface area contributed by atoms with Gasteiger partial charge < -0.3 is 10.5 Å². The van der Waals surface area contributed by atoms with E-state index in [0.717, 1.165) is 6.42 Å². The van der Waals surface area contributed by atoms with Gasteiger partial charge in [-0.05, 0) is 18.8 Å². The predicted octanol–water partition coefficient (Wildman–Crippen LogP) is 3.40. The molecular weight excluding hydrogens is 276 g/mol. The van der Waals surface area contributed by atoms with Crippen molar-refractivity contribution in [3.05, 3.63) is 0 Å². The zero-order valence-electron chi connectivity index (χ0n) is 10.4. The van der Waals surface area contributed by atoms with Crippen LogP contribution in [-0.4, -0.2) is 30.6 Å². The van der Waals surface area contributed by atoms with Crippen molar-refractivity contribution in [1.82, 2.24) is 0 Å². The molecule has 0 saturated heterocycles. The molecule has 0 aromatic rings. The van der Waals surface area contributed by atoms with Crippen molar-refractivity contribution in [1.29, 1.82) is 0 Å². The molecule has 1 fully saturated rings. The molecule has 0 spiro atoms. The minimum atomic E-state index is -5.49. The topological polar surface area (TPSA) is 35.2 Å². The fourth-order valence-electron chi connectivity index (χ4n) is 2.52. The van der Waals surface area contributed by atoms with Crippen LogP contribution in [0.2, 0.25) is 0 Å². The van der Waals surface area contributed by atoms with Crippen molar-refractivity contribution in [2.45, 2.75) is 56.7 Å². The first kappa shape index (κ1) is 16.6. The lowest BCUT2D eigenvalue weighted by atomic mass is 9.78. The molecule has 2 N–H and O–H groups in total. The van der Waals surface area contributed by atoms with Crippen LogP contribution in [0.15, 0.2) is 0 Å². The van der Waals surface area contributed by atoms with Crippen molar-refractivity contribution < 1.29 is 31.1 Å². The average Bonchev–Trinajstić information content (AvgIpc) is 2.23. The molecule has 0 aliphatic heterocycles. The van der Waals surface area contributed by atoms with E-state index in [1.165, 1.54) is 0 Å². The number of hydrogen-bond donors (Lipinski definition) is 1. The predicted molar refractivity (Wildman–Crippen MR) is 56.4 cm³/mol.